The lowest BCUT2D eigenvalue weighted by atomic mass is 10.1. The molecule has 7 heteroatoms. The lowest BCUT2D eigenvalue weighted by Crippen LogP contribution is -2.34. The van der Waals surface area contributed by atoms with E-state index in [4.69, 9.17) is 0 Å². The van der Waals surface area contributed by atoms with E-state index in [0.717, 1.165) is 11.1 Å². The lowest BCUT2D eigenvalue weighted by Gasteiger charge is -2.24. The Morgan fingerprint density at radius 1 is 1.32 bits per heavy atom. The fourth-order valence-corrected chi connectivity index (χ4v) is 5.09. The molecule has 0 fully saturated rings. The van der Waals surface area contributed by atoms with Gasteiger partial charge in [-0.1, -0.05) is 6.07 Å². The third kappa shape index (κ3) is 4.17. The first-order valence-electron chi connectivity index (χ1n) is 6.75. The van der Waals surface area contributed by atoms with Crippen LogP contribution >= 0.6 is 27.3 Å². The van der Waals surface area contributed by atoms with Crippen LogP contribution in [0.4, 0.5) is 0 Å². The van der Waals surface area contributed by atoms with E-state index in [0.29, 0.717) is 11.0 Å². The number of hydrogen-bond acceptors (Lipinski definition) is 4. The van der Waals surface area contributed by atoms with Crippen molar-refractivity contribution >= 4 is 37.3 Å². The first-order chi connectivity index (χ1) is 10.3. The third-order valence-electron chi connectivity index (χ3n) is 3.39. The normalized spacial score (nSPS) is 13.5. The summed E-state index contributed by atoms with van der Waals surface area (Å²) in [4.78, 5) is 2.27. The molecule has 0 saturated carbocycles. The number of benzene rings is 1. The van der Waals surface area contributed by atoms with E-state index in [1.165, 1.54) is 0 Å². The summed E-state index contributed by atoms with van der Waals surface area (Å²) >= 11 is 4.94. The molecule has 1 aromatic carbocycles. The minimum absolute atomic E-state index is 0.00486. The topological polar surface area (TPSA) is 49.4 Å². The van der Waals surface area contributed by atoms with E-state index < -0.39 is 10.0 Å². The summed E-state index contributed by atoms with van der Waals surface area (Å²) in [6.45, 7) is 2.25. The standard InChI is InChI=1S/C15H19BrN2O2S2/c1-11-4-5-15(13(16)8-11)22(19,20)17-9-14(18(2)3)12-6-7-21-10-12/h4-8,10,14,17H,9H2,1-3H3/t14-/m0/s1. The van der Waals surface area contributed by atoms with Gasteiger partial charge in [-0.05, 0) is 77.0 Å². The lowest BCUT2D eigenvalue weighted by molar-refractivity contribution is 0.300. The molecule has 0 aliphatic carbocycles. The Hall–Kier alpha value is -0.730. The van der Waals surface area contributed by atoms with Gasteiger partial charge in [0.05, 0.1) is 4.90 Å². The fraction of sp³-hybridized carbons (Fsp3) is 0.333. The van der Waals surface area contributed by atoms with Crippen molar-refractivity contribution < 1.29 is 8.42 Å². The maximum absolute atomic E-state index is 12.5. The van der Waals surface area contributed by atoms with Crippen LogP contribution in [-0.4, -0.2) is 34.0 Å². The van der Waals surface area contributed by atoms with Gasteiger partial charge in [-0.25, -0.2) is 13.1 Å². The molecular formula is C15H19BrN2O2S2. The summed E-state index contributed by atoms with van der Waals surface area (Å²) in [5.41, 5.74) is 2.12. The molecule has 120 valence electrons. The number of aryl methyl sites for hydroxylation is 1. The van der Waals surface area contributed by atoms with E-state index in [-0.39, 0.29) is 10.9 Å². The Bertz CT molecular complexity index is 728. The van der Waals surface area contributed by atoms with Crippen LogP contribution < -0.4 is 4.72 Å². The van der Waals surface area contributed by atoms with Crippen molar-refractivity contribution in [1.29, 1.82) is 0 Å². The molecule has 0 spiro atoms. The predicted octanol–water partition coefficient (Wildman–Crippen LogP) is 3.40. The monoisotopic (exact) mass is 402 g/mol. The van der Waals surface area contributed by atoms with E-state index in [1.807, 2.05) is 42.7 Å². The number of thiophene rings is 1. The van der Waals surface area contributed by atoms with E-state index >= 15 is 0 Å². The van der Waals surface area contributed by atoms with Crippen molar-refractivity contribution in [3.63, 3.8) is 0 Å². The first kappa shape index (κ1) is 17.6. The molecule has 22 heavy (non-hydrogen) atoms. The highest BCUT2D eigenvalue weighted by atomic mass is 79.9. The van der Waals surface area contributed by atoms with Crippen LogP contribution in [0.5, 0.6) is 0 Å². The second-order valence-corrected chi connectivity index (χ2v) is 8.69. The average molecular weight is 403 g/mol. The maximum atomic E-state index is 12.5. The smallest absolute Gasteiger partial charge is 0.241 e. The molecule has 0 amide bonds. The van der Waals surface area contributed by atoms with E-state index in [2.05, 4.69) is 20.7 Å². The van der Waals surface area contributed by atoms with Crippen LogP contribution in [0.3, 0.4) is 0 Å². The maximum Gasteiger partial charge on any atom is 0.241 e. The van der Waals surface area contributed by atoms with Gasteiger partial charge < -0.3 is 4.90 Å². The highest BCUT2D eigenvalue weighted by Crippen LogP contribution is 2.24. The summed E-state index contributed by atoms with van der Waals surface area (Å²) in [5.74, 6) is 0. The van der Waals surface area contributed by atoms with Crippen LogP contribution in [0, 0.1) is 6.92 Å². The molecule has 1 aromatic heterocycles. The molecule has 0 aliphatic rings. The van der Waals surface area contributed by atoms with Gasteiger partial charge >= 0.3 is 0 Å². The largest absolute Gasteiger partial charge is 0.301 e. The van der Waals surface area contributed by atoms with Crippen molar-refractivity contribution in [3.8, 4) is 0 Å². The Kier molecular flexibility index (Phi) is 5.79. The Balaban J connectivity index is 2.18. The summed E-state index contributed by atoms with van der Waals surface area (Å²) in [5, 5.41) is 4.04. The van der Waals surface area contributed by atoms with Gasteiger partial charge in [-0.3, -0.25) is 0 Å². The SMILES string of the molecule is Cc1ccc(S(=O)(=O)NC[C@@H](c2ccsc2)N(C)C)c(Br)c1. The molecule has 0 aliphatic heterocycles. The van der Waals surface area contributed by atoms with E-state index in [9.17, 15) is 8.42 Å². The summed E-state index contributed by atoms with van der Waals surface area (Å²) in [6, 6.07) is 7.24. The van der Waals surface area contributed by atoms with Crippen molar-refractivity contribution in [3.05, 3.63) is 50.6 Å². The van der Waals surface area contributed by atoms with Crippen LogP contribution in [0.2, 0.25) is 0 Å². The highest BCUT2D eigenvalue weighted by molar-refractivity contribution is 9.10. The highest BCUT2D eigenvalue weighted by Gasteiger charge is 2.21. The number of sulfonamides is 1. The number of rotatable bonds is 6. The van der Waals surface area contributed by atoms with Crippen molar-refractivity contribution in [1.82, 2.24) is 9.62 Å². The van der Waals surface area contributed by atoms with Gasteiger partial charge in [-0.15, -0.1) is 0 Å². The zero-order valence-electron chi connectivity index (χ0n) is 12.7. The second kappa shape index (κ2) is 7.23. The zero-order chi connectivity index (χ0) is 16.3. The Labute approximate surface area is 144 Å². The number of likely N-dealkylation sites (N-methyl/N-ethyl adjacent to an activating group) is 1. The van der Waals surface area contributed by atoms with Gasteiger partial charge in [0.2, 0.25) is 10.0 Å². The first-order valence-corrected chi connectivity index (χ1v) is 9.97. The number of nitrogens with zero attached hydrogens (tertiary/aromatic N) is 1. The van der Waals surface area contributed by atoms with Gasteiger partial charge in [0.25, 0.3) is 0 Å². The summed E-state index contributed by atoms with van der Waals surface area (Å²) in [7, 11) is 0.338. The molecule has 1 atom stereocenters. The average Bonchev–Trinajstić information content (AvgIpc) is 2.91. The number of nitrogens with one attached hydrogen (secondary N) is 1. The summed E-state index contributed by atoms with van der Waals surface area (Å²) in [6.07, 6.45) is 0. The van der Waals surface area contributed by atoms with Gasteiger partial charge in [-0.2, -0.15) is 11.3 Å². The predicted molar refractivity (Wildman–Crippen MR) is 94.8 cm³/mol. The van der Waals surface area contributed by atoms with E-state index in [1.54, 1.807) is 29.5 Å². The Morgan fingerprint density at radius 2 is 2.05 bits per heavy atom. The quantitative estimate of drug-likeness (QED) is 0.805. The van der Waals surface area contributed by atoms with Gasteiger partial charge in [0, 0.05) is 17.1 Å². The molecule has 1 N–H and O–H groups in total. The van der Waals surface area contributed by atoms with Crippen molar-refractivity contribution in [2.45, 2.75) is 17.9 Å². The molecule has 0 saturated heterocycles. The second-order valence-electron chi connectivity index (χ2n) is 5.32. The minimum atomic E-state index is -3.55. The molecule has 4 nitrogen and oxygen atoms in total. The van der Waals surface area contributed by atoms with Crippen LogP contribution in [0.25, 0.3) is 0 Å². The third-order valence-corrected chi connectivity index (χ3v) is 6.50. The number of hydrogen-bond donors (Lipinski definition) is 1. The van der Waals surface area contributed by atoms with Crippen molar-refractivity contribution in [2.75, 3.05) is 20.6 Å². The van der Waals surface area contributed by atoms with Crippen LogP contribution in [0.15, 0.2) is 44.4 Å². The van der Waals surface area contributed by atoms with Crippen LogP contribution in [0.1, 0.15) is 17.2 Å². The van der Waals surface area contributed by atoms with Gasteiger partial charge in [0.15, 0.2) is 0 Å². The number of halogens is 1. The van der Waals surface area contributed by atoms with Crippen LogP contribution in [-0.2, 0) is 10.0 Å². The van der Waals surface area contributed by atoms with Gasteiger partial charge in [0.1, 0.15) is 0 Å². The molecule has 0 bridgehead atoms. The molecule has 0 unspecified atom stereocenters. The molecule has 0 radical (unpaired) electrons. The molecule has 1 heterocycles. The molecular weight excluding hydrogens is 384 g/mol. The fourth-order valence-electron chi connectivity index (χ4n) is 2.15. The minimum Gasteiger partial charge on any atom is -0.301 e. The molecule has 2 aromatic rings. The summed E-state index contributed by atoms with van der Waals surface area (Å²) < 4.78 is 28.3. The zero-order valence-corrected chi connectivity index (χ0v) is 15.9. The molecule has 2 rings (SSSR count). The van der Waals surface area contributed by atoms with Crippen molar-refractivity contribution in [2.24, 2.45) is 0 Å². The Morgan fingerprint density at radius 3 is 2.59 bits per heavy atom.